The molecule has 1 aliphatic rings. The van der Waals surface area contributed by atoms with E-state index in [9.17, 15) is 18.7 Å². The molecule has 0 fully saturated rings. The van der Waals surface area contributed by atoms with Gasteiger partial charge in [0.1, 0.15) is 28.7 Å². The summed E-state index contributed by atoms with van der Waals surface area (Å²) in [4.78, 5) is 12.4. The van der Waals surface area contributed by atoms with Crippen molar-refractivity contribution >= 4 is 6.09 Å². The lowest BCUT2D eigenvalue weighted by molar-refractivity contribution is 0.0418. The van der Waals surface area contributed by atoms with E-state index in [1.807, 2.05) is 32.0 Å². The summed E-state index contributed by atoms with van der Waals surface area (Å²) in [5.74, 6) is 0.000873. The molecule has 0 radical (unpaired) electrons. The molecule has 3 atom stereocenters. The van der Waals surface area contributed by atoms with Crippen LogP contribution in [-0.4, -0.2) is 48.2 Å². The molecular formula is C27H36F2N2O5. The molecule has 2 aromatic rings. The van der Waals surface area contributed by atoms with Gasteiger partial charge in [-0.1, -0.05) is 0 Å². The number of benzene rings is 2. The molecule has 1 amide bonds. The third-order valence-corrected chi connectivity index (χ3v) is 5.51. The van der Waals surface area contributed by atoms with Crippen LogP contribution in [0.1, 0.15) is 58.2 Å². The van der Waals surface area contributed by atoms with E-state index >= 15 is 0 Å². The second kappa shape index (κ2) is 11.9. The van der Waals surface area contributed by atoms with Gasteiger partial charge in [-0.25, -0.2) is 13.6 Å². The van der Waals surface area contributed by atoms with Gasteiger partial charge in [-0.3, -0.25) is 0 Å². The first-order valence-corrected chi connectivity index (χ1v) is 12.2. The fourth-order valence-electron chi connectivity index (χ4n) is 4.06. The zero-order chi connectivity index (χ0) is 26.5. The minimum absolute atomic E-state index is 0.00745. The van der Waals surface area contributed by atoms with E-state index < -0.39 is 35.5 Å². The fraction of sp³-hybridized carbons (Fsp3) is 0.519. The zero-order valence-electron chi connectivity index (χ0n) is 21.4. The Labute approximate surface area is 211 Å². The molecule has 36 heavy (non-hydrogen) atoms. The number of rotatable bonds is 9. The van der Waals surface area contributed by atoms with Crippen molar-refractivity contribution in [2.45, 2.75) is 77.4 Å². The molecule has 0 unspecified atom stereocenters. The molecule has 1 aliphatic heterocycles. The zero-order valence-corrected chi connectivity index (χ0v) is 21.4. The van der Waals surface area contributed by atoms with E-state index in [0.29, 0.717) is 18.6 Å². The Kier molecular flexibility index (Phi) is 9.13. The van der Waals surface area contributed by atoms with Gasteiger partial charge in [0.15, 0.2) is 0 Å². The lowest BCUT2D eigenvalue weighted by atomic mass is 9.98. The number of halogens is 2. The Morgan fingerprint density at radius 1 is 1.17 bits per heavy atom. The van der Waals surface area contributed by atoms with Gasteiger partial charge in [0.2, 0.25) is 0 Å². The average molecular weight is 507 g/mol. The quantitative estimate of drug-likeness (QED) is 0.458. The molecule has 1 heterocycles. The summed E-state index contributed by atoms with van der Waals surface area (Å²) in [5, 5.41) is 17.0. The predicted molar refractivity (Wildman–Crippen MR) is 132 cm³/mol. The van der Waals surface area contributed by atoms with Crippen LogP contribution in [0.5, 0.6) is 11.5 Å². The molecular weight excluding hydrogens is 470 g/mol. The molecule has 0 spiro atoms. The van der Waals surface area contributed by atoms with Gasteiger partial charge in [-0.05, 0) is 76.9 Å². The molecule has 0 saturated heterocycles. The van der Waals surface area contributed by atoms with Crippen molar-refractivity contribution in [1.82, 2.24) is 10.6 Å². The van der Waals surface area contributed by atoms with Gasteiger partial charge in [-0.2, -0.15) is 0 Å². The van der Waals surface area contributed by atoms with Crippen LogP contribution in [-0.2, 0) is 11.2 Å². The Hall–Kier alpha value is -2.91. The number of alkyl carbamates (subject to hydrolysis) is 1. The largest absolute Gasteiger partial charge is 0.493 e. The molecule has 0 aromatic heterocycles. The third kappa shape index (κ3) is 8.34. The van der Waals surface area contributed by atoms with Gasteiger partial charge in [0, 0.05) is 30.6 Å². The molecule has 0 bridgehead atoms. The van der Waals surface area contributed by atoms with Crippen LogP contribution in [0.4, 0.5) is 13.6 Å². The highest BCUT2D eigenvalue weighted by Crippen LogP contribution is 2.35. The second-order valence-corrected chi connectivity index (χ2v) is 10.3. The number of aliphatic hydroxyl groups is 1. The van der Waals surface area contributed by atoms with Crippen LogP contribution in [0.3, 0.4) is 0 Å². The van der Waals surface area contributed by atoms with Crippen molar-refractivity contribution in [3.05, 3.63) is 59.2 Å². The number of carbonyl (C=O) groups is 1. The Morgan fingerprint density at radius 2 is 1.86 bits per heavy atom. The maximum atomic E-state index is 13.8. The fourth-order valence-corrected chi connectivity index (χ4v) is 4.06. The second-order valence-electron chi connectivity index (χ2n) is 10.3. The van der Waals surface area contributed by atoms with Gasteiger partial charge >= 0.3 is 6.09 Å². The first kappa shape index (κ1) is 27.7. The normalized spacial score (nSPS) is 17.1. The van der Waals surface area contributed by atoms with Crippen LogP contribution in [0.2, 0.25) is 0 Å². The Morgan fingerprint density at radius 3 is 2.50 bits per heavy atom. The Bertz CT molecular complexity index is 1020. The van der Waals surface area contributed by atoms with Crippen molar-refractivity contribution in [2.75, 3.05) is 13.2 Å². The summed E-state index contributed by atoms with van der Waals surface area (Å²) < 4.78 is 44.4. The first-order valence-electron chi connectivity index (χ1n) is 12.2. The molecule has 0 aliphatic carbocycles. The van der Waals surface area contributed by atoms with Crippen LogP contribution in [0, 0.1) is 11.6 Å². The van der Waals surface area contributed by atoms with Gasteiger partial charge in [0.05, 0.1) is 24.9 Å². The van der Waals surface area contributed by atoms with Crippen molar-refractivity contribution in [2.24, 2.45) is 0 Å². The number of nitrogens with one attached hydrogen (secondary N) is 2. The van der Waals surface area contributed by atoms with E-state index in [0.717, 1.165) is 23.1 Å². The molecule has 2 aromatic carbocycles. The number of aliphatic hydroxyl groups excluding tert-OH is 1. The lowest BCUT2D eigenvalue weighted by Gasteiger charge is -2.31. The van der Waals surface area contributed by atoms with Gasteiger partial charge in [0.25, 0.3) is 0 Å². The van der Waals surface area contributed by atoms with E-state index in [2.05, 4.69) is 10.6 Å². The number of ether oxygens (including phenoxy) is 3. The molecule has 0 saturated carbocycles. The van der Waals surface area contributed by atoms with E-state index in [4.69, 9.17) is 14.2 Å². The summed E-state index contributed by atoms with van der Waals surface area (Å²) in [5.41, 5.74) is 0.472. The van der Waals surface area contributed by atoms with Crippen LogP contribution in [0.15, 0.2) is 36.4 Å². The van der Waals surface area contributed by atoms with Gasteiger partial charge in [-0.15, -0.1) is 0 Å². The Balaban J connectivity index is 1.73. The highest BCUT2D eigenvalue weighted by atomic mass is 19.1. The van der Waals surface area contributed by atoms with Crippen LogP contribution >= 0.6 is 0 Å². The molecule has 3 N–H and O–H groups in total. The monoisotopic (exact) mass is 506 g/mol. The highest BCUT2D eigenvalue weighted by molar-refractivity contribution is 5.68. The minimum Gasteiger partial charge on any atom is -0.493 e. The van der Waals surface area contributed by atoms with E-state index in [1.54, 1.807) is 20.8 Å². The highest BCUT2D eigenvalue weighted by Gasteiger charge is 2.28. The molecule has 7 nitrogen and oxygen atoms in total. The summed E-state index contributed by atoms with van der Waals surface area (Å²) >= 11 is 0. The average Bonchev–Trinajstić information content (AvgIpc) is 2.74. The van der Waals surface area contributed by atoms with Crippen LogP contribution in [0.25, 0.3) is 0 Å². The molecule has 9 heteroatoms. The molecule has 198 valence electrons. The van der Waals surface area contributed by atoms with Crippen molar-refractivity contribution in [1.29, 1.82) is 0 Å². The third-order valence-electron chi connectivity index (χ3n) is 5.51. The van der Waals surface area contributed by atoms with Crippen molar-refractivity contribution in [3.63, 3.8) is 0 Å². The summed E-state index contributed by atoms with van der Waals surface area (Å²) in [6, 6.07) is 7.80. The minimum atomic E-state index is -1.08. The van der Waals surface area contributed by atoms with Crippen LogP contribution < -0.4 is 20.1 Å². The lowest BCUT2D eigenvalue weighted by Crippen LogP contribution is -2.50. The van der Waals surface area contributed by atoms with Gasteiger partial charge < -0.3 is 30.0 Å². The summed E-state index contributed by atoms with van der Waals surface area (Å²) in [6.45, 7) is 9.68. The van der Waals surface area contributed by atoms with Crippen molar-refractivity contribution in [3.8, 4) is 11.5 Å². The summed E-state index contributed by atoms with van der Waals surface area (Å²) in [7, 11) is 0. The standard InChI is InChI=1S/C27H36F2N2O5/c1-16(2)35-20-6-7-25-21(14-20)22(8-9-34-25)30-15-24(32)23(31-26(33)36-27(3,4)5)12-17-10-18(28)13-19(29)11-17/h6-7,10-11,13-14,16,22-24,30,32H,8-9,12,15H2,1-5H3,(H,31,33)/t22-,23-,24+/m0/s1. The number of carbonyl (C=O) groups excluding carboxylic acids is 1. The molecule has 3 rings (SSSR count). The van der Waals surface area contributed by atoms with E-state index in [1.165, 1.54) is 12.1 Å². The smallest absolute Gasteiger partial charge is 0.407 e. The summed E-state index contributed by atoms with van der Waals surface area (Å²) in [6.07, 6.45) is -1.11. The number of amides is 1. The maximum absolute atomic E-state index is 13.8. The predicted octanol–water partition coefficient (Wildman–Crippen LogP) is 4.66. The van der Waals surface area contributed by atoms with Crippen molar-refractivity contribution < 1.29 is 32.9 Å². The number of hydrogen-bond acceptors (Lipinski definition) is 6. The first-order chi connectivity index (χ1) is 16.9. The number of fused-ring (bicyclic) bond motifs is 1. The number of hydrogen-bond donors (Lipinski definition) is 3. The van der Waals surface area contributed by atoms with E-state index in [-0.39, 0.29) is 25.1 Å². The maximum Gasteiger partial charge on any atom is 0.407 e. The SMILES string of the molecule is CC(C)Oc1ccc2c(c1)[C@@H](NC[C@@H](O)[C@H](Cc1cc(F)cc(F)c1)NC(=O)OC(C)(C)C)CCO2. The topological polar surface area (TPSA) is 89.1 Å².